The number of unbranched alkanes of at least 4 members (excludes halogenated alkanes) is 2. The molecule has 0 amide bonds. The van der Waals surface area contributed by atoms with E-state index in [0.717, 1.165) is 25.7 Å². The van der Waals surface area contributed by atoms with E-state index < -0.39 is 7.28 Å². The first-order chi connectivity index (χ1) is 5.96. The zero-order valence-corrected chi connectivity index (χ0v) is 9.89. The van der Waals surface area contributed by atoms with Crippen LogP contribution in [0.5, 0.6) is 0 Å². The van der Waals surface area contributed by atoms with Crippen molar-refractivity contribution in [2.75, 3.05) is 19.4 Å². The topological polar surface area (TPSA) is 49.7 Å². The Morgan fingerprint density at radius 1 is 1.00 bits per heavy atom. The Bertz CT molecular complexity index is 136. The molecule has 0 aliphatic rings. The molecule has 0 rings (SSSR count). The van der Waals surface area contributed by atoms with Gasteiger partial charge >= 0.3 is 80.6 Å². The van der Waals surface area contributed by atoms with Crippen molar-refractivity contribution < 1.29 is 14.3 Å². The summed E-state index contributed by atoms with van der Waals surface area (Å²) >= 11 is 0. The Kier molecular flexibility index (Phi) is 5.38. The maximum absolute atomic E-state index is 10.0. The summed E-state index contributed by atoms with van der Waals surface area (Å²) in [4.78, 5) is 20.0. The Labute approximate surface area is 81.3 Å². The molecule has 0 radical (unpaired) electrons. The van der Waals surface area contributed by atoms with Gasteiger partial charge in [-0.3, -0.25) is 0 Å². The number of hydrogen-bond acceptors (Lipinski definition) is 3. The second-order valence-electron chi connectivity index (χ2n) is 3.64. The quantitative estimate of drug-likeness (QED) is 0.635. The Balaban J connectivity index is 4.17. The van der Waals surface area contributed by atoms with Crippen LogP contribution in [0.15, 0.2) is 0 Å². The molecule has 0 aromatic heterocycles. The summed E-state index contributed by atoms with van der Waals surface area (Å²) < 4.78 is 4.97. The third kappa shape index (κ3) is 4.92. The van der Waals surface area contributed by atoms with Gasteiger partial charge in [0.25, 0.3) is 0 Å². The van der Waals surface area contributed by atoms with Gasteiger partial charge in [-0.25, -0.2) is 0 Å². The van der Waals surface area contributed by atoms with E-state index in [4.69, 9.17) is 4.52 Å². The first-order valence-corrected chi connectivity index (χ1v) is 7.47. The summed E-state index contributed by atoms with van der Waals surface area (Å²) in [5.41, 5.74) is 0. The van der Waals surface area contributed by atoms with Crippen molar-refractivity contribution in [3.63, 3.8) is 0 Å². The van der Waals surface area contributed by atoms with Gasteiger partial charge in [0.1, 0.15) is 0 Å². The normalized spacial score (nSPS) is 15.3. The molecule has 0 fully saturated rings. The Morgan fingerprint density at radius 2 is 1.38 bits per heavy atom. The van der Waals surface area contributed by atoms with Crippen molar-refractivity contribution in [2.45, 2.75) is 39.5 Å². The van der Waals surface area contributed by atoms with Crippen LogP contribution in [-0.2, 0) is 4.52 Å². The average molecular weight is 210 g/mol. The molecule has 0 atom stereocenters. The molecule has 0 unspecified atom stereocenters. The van der Waals surface area contributed by atoms with E-state index in [0.29, 0.717) is 12.3 Å². The van der Waals surface area contributed by atoms with Gasteiger partial charge in [0.05, 0.1) is 0 Å². The number of rotatable bonds is 7. The van der Waals surface area contributed by atoms with E-state index in [1.165, 1.54) is 7.11 Å². The first kappa shape index (κ1) is 13.3. The third-order valence-electron chi connectivity index (χ3n) is 2.34. The average Bonchev–Trinajstić information content (AvgIpc) is 2.13. The van der Waals surface area contributed by atoms with Crippen LogP contribution >= 0.6 is 7.28 Å². The Hall–Kier alpha value is 0.310. The zero-order valence-electron chi connectivity index (χ0n) is 8.99. The fraction of sp³-hybridized carbons (Fsp3) is 1.00. The molecule has 13 heavy (non-hydrogen) atoms. The van der Waals surface area contributed by atoms with Gasteiger partial charge < -0.3 is 0 Å². The monoisotopic (exact) mass is 210 g/mol. The summed E-state index contributed by atoms with van der Waals surface area (Å²) in [7, 11) is -2.33. The van der Waals surface area contributed by atoms with Crippen LogP contribution in [0.25, 0.3) is 0 Å². The van der Waals surface area contributed by atoms with Gasteiger partial charge in [-0.15, -0.1) is 0 Å². The molecule has 0 aliphatic heterocycles. The first-order valence-electron chi connectivity index (χ1n) is 5.04. The van der Waals surface area contributed by atoms with Gasteiger partial charge in [-0.05, 0) is 0 Å². The van der Waals surface area contributed by atoms with Gasteiger partial charge in [0.15, 0.2) is 0 Å². The minimum atomic E-state index is -3.73. The van der Waals surface area contributed by atoms with Crippen LogP contribution in [0.2, 0.25) is 0 Å². The van der Waals surface area contributed by atoms with E-state index >= 15 is 0 Å². The molecule has 0 spiro atoms. The summed E-state index contributed by atoms with van der Waals surface area (Å²) in [5.74, 6) is 0. The fourth-order valence-electron chi connectivity index (χ4n) is 1.25. The molecule has 0 aromatic rings. The van der Waals surface area contributed by atoms with Gasteiger partial charge in [-0.2, -0.15) is 0 Å². The molecule has 0 aliphatic carbocycles. The molecule has 82 valence electrons. The third-order valence-corrected chi connectivity index (χ3v) is 5.62. The van der Waals surface area contributed by atoms with Crippen molar-refractivity contribution in [1.82, 2.24) is 0 Å². The summed E-state index contributed by atoms with van der Waals surface area (Å²) in [6.45, 7) is 4.07. The second kappa shape index (κ2) is 5.26. The van der Waals surface area contributed by atoms with Gasteiger partial charge in [0.2, 0.25) is 0 Å². The molecule has 0 bridgehead atoms. The molecule has 0 aromatic carbocycles. The fourth-order valence-corrected chi connectivity index (χ4v) is 3.74. The van der Waals surface area contributed by atoms with Gasteiger partial charge in [-0.1, -0.05) is 0 Å². The van der Waals surface area contributed by atoms with Crippen molar-refractivity contribution in [2.24, 2.45) is 0 Å². The standard InChI is InChI=1S/C9H23O3P/c1-4-6-8-13(10,11,12-3)9-7-5-2/h10-11H,4-9H2,1-3H3. The van der Waals surface area contributed by atoms with Crippen molar-refractivity contribution in [3.8, 4) is 0 Å². The summed E-state index contributed by atoms with van der Waals surface area (Å²) in [6.07, 6.45) is 4.41. The van der Waals surface area contributed by atoms with E-state index in [1.807, 2.05) is 13.8 Å². The Morgan fingerprint density at radius 3 is 1.62 bits per heavy atom. The molecule has 0 heterocycles. The van der Waals surface area contributed by atoms with Crippen LogP contribution in [0.4, 0.5) is 0 Å². The zero-order chi connectivity index (χ0) is 10.4. The van der Waals surface area contributed by atoms with E-state index in [1.54, 1.807) is 0 Å². The van der Waals surface area contributed by atoms with Crippen LogP contribution in [0.1, 0.15) is 39.5 Å². The molecular weight excluding hydrogens is 187 g/mol. The van der Waals surface area contributed by atoms with Gasteiger partial charge in [0, 0.05) is 0 Å². The van der Waals surface area contributed by atoms with Crippen LogP contribution in [-0.4, -0.2) is 29.2 Å². The predicted octanol–water partition coefficient (Wildman–Crippen LogP) is 2.52. The van der Waals surface area contributed by atoms with Crippen molar-refractivity contribution in [1.29, 1.82) is 0 Å². The van der Waals surface area contributed by atoms with E-state index in [-0.39, 0.29) is 0 Å². The summed E-state index contributed by atoms with van der Waals surface area (Å²) in [5, 5.41) is 0. The van der Waals surface area contributed by atoms with Crippen LogP contribution in [0, 0.1) is 0 Å². The molecular formula is C9H23O3P. The summed E-state index contributed by atoms with van der Waals surface area (Å²) in [6, 6.07) is 0. The minimum absolute atomic E-state index is 0.415. The molecule has 0 saturated heterocycles. The SMILES string of the molecule is CCCCP(O)(O)(CCCC)OC. The predicted molar refractivity (Wildman–Crippen MR) is 57.9 cm³/mol. The molecule has 0 saturated carbocycles. The molecule has 4 heteroatoms. The van der Waals surface area contributed by atoms with Crippen molar-refractivity contribution >= 4 is 7.28 Å². The van der Waals surface area contributed by atoms with Crippen LogP contribution < -0.4 is 0 Å². The van der Waals surface area contributed by atoms with Crippen LogP contribution in [0.3, 0.4) is 0 Å². The molecule has 2 N–H and O–H groups in total. The second-order valence-corrected chi connectivity index (χ2v) is 7.50. The van der Waals surface area contributed by atoms with E-state index in [9.17, 15) is 9.79 Å². The van der Waals surface area contributed by atoms with Crippen molar-refractivity contribution in [3.05, 3.63) is 0 Å². The molecule has 3 nitrogen and oxygen atoms in total. The van der Waals surface area contributed by atoms with E-state index in [2.05, 4.69) is 0 Å². The maximum atomic E-state index is 10.0. The number of hydrogen-bond donors (Lipinski definition) is 2.